The van der Waals surface area contributed by atoms with Crippen LogP contribution in [0.2, 0.25) is 0 Å². The highest BCUT2D eigenvalue weighted by Gasteiger charge is 2.04. The van der Waals surface area contributed by atoms with Gasteiger partial charge in [0.2, 0.25) is 5.88 Å². The molecule has 0 unspecified atom stereocenters. The van der Waals surface area contributed by atoms with E-state index in [1.807, 2.05) is 18.2 Å². The summed E-state index contributed by atoms with van der Waals surface area (Å²) in [5.41, 5.74) is 1.31. The van der Waals surface area contributed by atoms with Gasteiger partial charge in [-0.3, -0.25) is 4.79 Å². The molecule has 0 aliphatic heterocycles. The van der Waals surface area contributed by atoms with Gasteiger partial charge in [0.25, 0.3) is 5.56 Å². The van der Waals surface area contributed by atoms with Gasteiger partial charge in [0, 0.05) is 12.7 Å². The molecule has 88 valence electrons. The number of nitrogens with one attached hydrogen (secondary N) is 1. The molecule has 0 bridgehead atoms. The van der Waals surface area contributed by atoms with E-state index in [1.54, 1.807) is 13.2 Å². The third kappa shape index (κ3) is 2.70. The molecule has 0 aliphatic carbocycles. The molecule has 0 aliphatic rings. The van der Waals surface area contributed by atoms with Crippen LogP contribution < -0.4 is 5.56 Å². The first kappa shape index (κ1) is 11.3. The number of aromatic amines is 1. The van der Waals surface area contributed by atoms with Crippen molar-refractivity contribution in [3.63, 3.8) is 0 Å². The zero-order valence-corrected chi connectivity index (χ0v) is 9.30. The quantitative estimate of drug-likeness (QED) is 0.836. The second kappa shape index (κ2) is 4.80. The number of hydrogen-bond acceptors (Lipinski definition) is 4. The van der Waals surface area contributed by atoms with Crippen LogP contribution in [0.15, 0.2) is 35.1 Å². The average Bonchev–Trinajstić information content (AvgIpc) is 2.28. The van der Waals surface area contributed by atoms with Crippen molar-refractivity contribution >= 4 is 0 Å². The van der Waals surface area contributed by atoms with Crippen molar-refractivity contribution < 1.29 is 9.84 Å². The minimum atomic E-state index is -0.385. The number of aromatic nitrogens is 2. The zero-order valence-electron chi connectivity index (χ0n) is 9.30. The number of ether oxygens (including phenoxy) is 1. The number of methoxy groups -OCH3 is 1. The highest BCUT2D eigenvalue weighted by molar-refractivity contribution is 5.56. The maximum absolute atomic E-state index is 11.2. The summed E-state index contributed by atoms with van der Waals surface area (Å²) < 4.78 is 5.02. The lowest BCUT2D eigenvalue weighted by molar-refractivity contribution is 0.185. The Balaban J connectivity index is 2.45. The molecule has 0 amide bonds. The normalized spacial score (nSPS) is 10.4. The predicted octanol–water partition coefficient (Wildman–Crippen LogP) is 1.29. The summed E-state index contributed by atoms with van der Waals surface area (Å²) in [6.07, 6.45) is 0. The summed E-state index contributed by atoms with van der Waals surface area (Å²) in [5, 5.41) is 9.27. The van der Waals surface area contributed by atoms with Crippen LogP contribution >= 0.6 is 0 Å². The Morgan fingerprint density at radius 1 is 1.41 bits per heavy atom. The van der Waals surface area contributed by atoms with Gasteiger partial charge in [0.1, 0.15) is 5.82 Å². The zero-order chi connectivity index (χ0) is 12.3. The third-order valence-corrected chi connectivity index (χ3v) is 2.24. The standard InChI is InChI=1S/C12H12N2O3/c1-17-7-8-3-2-4-9(5-8)12-13-10(15)6-11(16)14-12/h2-6H,7H2,1H3,(H2,13,14,15,16). The molecule has 2 rings (SSSR count). The number of rotatable bonds is 3. The lowest BCUT2D eigenvalue weighted by Crippen LogP contribution is -2.06. The summed E-state index contributed by atoms with van der Waals surface area (Å²) >= 11 is 0. The van der Waals surface area contributed by atoms with Crippen molar-refractivity contribution in [3.8, 4) is 17.3 Å². The molecule has 0 saturated heterocycles. The first-order valence-corrected chi connectivity index (χ1v) is 5.07. The van der Waals surface area contributed by atoms with E-state index in [0.717, 1.165) is 17.2 Å². The van der Waals surface area contributed by atoms with Crippen LogP contribution in [0.4, 0.5) is 0 Å². The Labute approximate surface area is 97.7 Å². The van der Waals surface area contributed by atoms with E-state index in [9.17, 15) is 9.90 Å². The van der Waals surface area contributed by atoms with Crippen LogP contribution in [0, 0.1) is 0 Å². The molecule has 1 aromatic heterocycles. The summed E-state index contributed by atoms with van der Waals surface area (Å²) in [5.74, 6) is 0.0499. The summed E-state index contributed by atoms with van der Waals surface area (Å²) in [6, 6.07) is 8.43. The van der Waals surface area contributed by atoms with Gasteiger partial charge >= 0.3 is 0 Å². The molecule has 1 aromatic carbocycles. The number of hydrogen-bond donors (Lipinski definition) is 2. The van der Waals surface area contributed by atoms with Crippen LogP contribution in [-0.2, 0) is 11.3 Å². The third-order valence-electron chi connectivity index (χ3n) is 2.24. The SMILES string of the molecule is COCc1cccc(-c2nc(O)cc(=O)[nH]2)c1. The average molecular weight is 232 g/mol. The monoisotopic (exact) mass is 232 g/mol. The smallest absolute Gasteiger partial charge is 0.254 e. The lowest BCUT2D eigenvalue weighted by Gasteiger charge is -2.04. The minimum absolute atomic E-state index is 0.291. The van der Waals surface area contributed by atoms with E-state index in [2.05, 4.69) is 9.97 Å². The highest BCUT2D eigenvalue weighted by atomic mass is 16.5. The Morgan fingerprint density at radius 3 is 2.94 bits per heavy atom. The first-order chi connectivity index (χ1) is 8.19. The van der Waals surface area contributed by atoms with Gasteiger partial charge < -0.3 is 14.8 Å². The molecule has 5 nitrogen and oxygen atoms in total. The van der Waals surface area contributed by atoms with Gasteiger partial charge in [-0.25, -0.2) is 0 Å². The van der Waals surface area contributed by atoms with Crippen molar-refractivity contribution in [2.45, 2.75) is 6.61 Å². The number of H-pyrrole nitrogens is 1. The highest BCUT2D eigenvalue weighted by Crippen LogP contribution is 2.17. The molecule has 0 radical (unpaired) electrons. The molecular formula is C12H12N2O3. The topological polar surface area (TPSA) is 75.2 Å². The molecule has 0 saturated carbocycles. The molecule has 0 fully saturated rings. The summed E-state index contributed by atoms with van der Waals surface area (Å²) in [7, 11) is 1.61. The van der Waals surface area contributed by atoms with Crippen LogP contribution in [-0.4, -0.2) is 22.2 Å². The van der Waals surface area contributed by atoms with E-state index in [0.29, 0.717) is 12.4 Å². The van der Waals surface area contributed by atoms with Crippen molar-refractivity contribution in [1.82, 2.24) is 9.97 Å². The van der Waals surface area contributed by atoms with Crippen LogP contribution in [0.25, 0.3) is 11.4 Å². The van der Waals surface area contributed by atoms with Crippen LogP contribution in [0.5, 0.6) is 5.88 Å². The maximum atomic E-state index is 11.2. The van der Waals surface area contributed by atoms with Crippen molar-refractivity contribution in [1.29, 1.82) is 0 Å². The Hall–Kier alpha value is -2.14. The van der Waals surface area contributed by atoms with Gasteiger partial charge in [-0.05, 0) is 11.6 Å². The molecule has 0 spiro atoms. The molecule has 1 heterocycles. The van der Waals surface area contributed by atoms with Gasteiger partial charge in [0.05, 0.1) is 12.7 Å². The molecule has 5 heteroatoms. The van der Waals surface area contributed by atoms with Crippen molar-refractivity contribution in [2.24, 2.45) is 0 Å². The van der Waals surface area contributed by atoms with Crippen molar-refractivity contribution in [2.75, 3.05) is 7.11 Å². The van der Waals surface area contributed by atoms with Crippen LogP contribution in [0.3, 0.4) is 0 Å². The van der Waals surface area contributed by atoms with E-state index in [4.69, 9.17) is 4.74 Å². The summed E-state index contributed by atoms with van der Waals surface area (Å²) in [4.78, 5) is 17.6. The van der Waals surface area contributed by atoms with Crippen LogP contribution in [0.1, 0.15) is 5.56 Å². The van der Waals surface area contributed by atoms with E-state index in [1.165, 1.54) is 0 Å². The van der Waals surface area contributed by atoms with E-state index >= 15 is 0 Å². The Bertz CT molecular complexity index is 578. The van der Waals surface area contributed by atoms with Gasteiger partial charge in [0.15, 0.2) is 0 Å². The number of benzene rings is 1. The Morgan fingerprint density at radius 2 is 2.24 bits per heavy atom. The Kier molecular flexibility index (Phi) is 3.20. The fourth-order valence-corrected chi connectivity index (χ4v) is 1.56. The largest absolute Gasteiger partial charge is 0.493 e. The second-order valence-corrected chi connectivity index (χ2v) is 3.59. The first-order valence-electron chi connectivity index (χ1n) is 5.07. The molecule has 0 atom stereocenters. The van der Waals surface area contributed by atoms with Gasteiger partial charge in [-0.15, -0.1) is 0 Å². The predicted molar refractivity (Wildman–Crippen MR) is 62.7 cm³/mol. The summed E-state index contributed by atoms with van der Waals surface area (Å²) in [6.45, 7) is 0.483. The van der Waals surface area contributed by atoms with E-state index < -0.39 is 0 Å². The molecular weight excluding hydrogens is 220 g/mol. The fraction of sp³-hybridized carbons (Fsp3) is 0.167. The second-order valence-electron chi connectivity index (χ2n) is 3.59. The molecule has 17 heavy (non-hydrogen) atoms. The van der Waals surface area contributed by atoms with Gasteiger partial charge in [-0.1, -0.05) is 18.2 Å². The van der Waals surface area contributed by atoms with E-state index in [-0.39, 0.29) is 11.4 Å². The lowest BCUT2D eigenvalue weighted by atomic mass is 10.1. The maximum Gasteiger partial charge on any atom is 0.254 e. The van der Waals surface area contributed by atoms with Gasteiger partial charge in [-0.2, -0.15) is 4.98 Å². The molecule has 2 aromatic rings. The number of nitrogens with zero attached hydrogens (tertiary/aromatic N) is 1. The molecule has 2 N–H and O–H groups in total. The van der Waals surface area contributed by atoms with Crippen molar-refractivity contribution in [3.05, 3.63) is 46.2 Å². The number of aromatic hydroxyl groups is 1. The minimum Gasteiger partial charge on any atom is -0.493 e. The fourth-order valence-electron chi connectivity index (χ4n) is 1.56.